The quantitative estimate of drug-likeness (QED) is 0.841. The maximum absolute atomic E-state index is 11.8. The smallest absolute Gasteiger partial charge is 0.261 e. The summed E-state index contributed by atoms with van der Waals surface area (Å²) in [6, 6.07) is 7.81. The molecule has 0 radical (unpaired) electrons. The summed E-state index contributed by atoms with van der Waals surface area (Å²) in [6.45, 7) is 4.85. The molecule has 1 unspecified atom stereocenters. The Labute approximate surface area is 95.8 Å². The Morgan fingerprint density at radius 1 is 1.50 bits per heavy atom. The molecule has 0 bridgehead atoms. The highest BCUT2D eigenvalue weighted by Gasteiger charge is 2.28. The zero-order valence-corrected chi connectivity index (χ0v) is 9.69. The second-order valence-electron chi connectivity index (χ2n) is 4.56. The summed E-state index contributed by atoms with van der Waals surface area (Å²) in [6.07, 6.45) is 0.330. The second kappa shape index (κ2) is 4.56. The fourth-order valence-corrected chi connectivity index (χ4v) is 1.75. The number of nitrogens with one attached hydrogen (secondary N) is 1. The Morgan fingerprint density at radius 2 is 2.25 bits per heavy atom. The molecule has 1 atom stereocenters. The van der Waals surface area contributed by atoms with E-state index in [9.17, 15) is 4.79 Å². The Bertz CT molecular complexity index is 362. The zero-order valence-electron chi connectivity index (χ0n) is 9.69. The summed E-state index contributed by atoms with van der Waals surface area (Å²) < 4.78 is 5.59. The molecule has 0 fully saturated rings. The van der Waals surface area contributed by atoms with Crippen molar-refractivity contribution < 1.29 is 9.53 Å². The number of fused-ring (bicyclic) bond motifs is 1. The van der Waals surface area contributed by atoms with E-state index in [1.165, 1.54) is 0 Å². The van der Waals surface area contributed by atoms with Gasteiger partial charge in [0.2, 0.25) is 0 Å². The van der Waals surface area contributed by atoms with Gasteiger partial charge in [-0.2, -0.15) is 0 Å². The van der Waals surface area contributed by atoms with Crippen LogP contribution in [0.4, 0.5) is 0 Å². The molecule has 3 nitrogen and oxygen atoms in total. The van der Waals surface area contributed by atoms with Gasteiger partial charge in [0.05, 0.1) is 0 Å². The number of rotatable bonds is 3. The lowest BCUT2D eigenvalue weighted by Crippen LogP contribution is -2.39. The summed E-state index contributed by atoms with van der Waals surface area (Å²) in [4.78, 5) is 11.8. The van der Waals surface area contributed by atoms with Gasteiger partial charge in [-0.05, 0) is 17.5 Å². The molecule has 0 spiro atoms. The molecule has 1 aromatic carbocycles. The zero-order chi connectivity index (χ0) is 11.5. The number of benzene rings is 1. The van der Waals surface area contributed by atoms with Crippen LogP contribution < -0.4 is 10.1 Å². The molecule has 16 heavy (non-hydrogen) atoms. The van der Waals surface area contributed by atoms with Crippen LogP contribution >= 0.6 is 0 Å². The molecule has 2 rings (SSSR count). The van der Waals surface area contributed by atoms with E-state index in [0.717, 1.165) is 11.3 Å². The maximum atomic E-state index is 11.8. The second-order valence-corrected chi connectivity index (χ2v) is 4.56. The predicted octanol–water partition coefficient (Wildman–Crippen LogP) is 1.76. The summed E-state index contributed by atoms with van der Waals surface area (Å²) in [5.41, 5.74) is 1.12. The van der Waals surface area contributed by atoms with Gasteiger partial charge in [-0.25, -0.2) is 0 Å². The van der Waals surface area contributed by atoms with Gasteiger partial charge in [-0.3, -0.25) is 4.79 Å². The van der Waals surface area contributed by atoms with Crippen molar-refractivity contribution in [1.29, 1.82) is 0 Å². The van der Waals surface area contributed by atoms with Crippen molar-refractivity contribution in [3.63, 3.8) is 0 Å². The summed E-state index contributed by atoms with van der Waals surface area (Å²) in [5, 5.41) is 2.89. The van der Waals surface area contributed by atoms with Crippen LogP contribution in [0.3, 0.4) is 0 Å². The van der Waals surface area contributed by atoms with Gasteiger partial charge in [-0.1, -0.05) is 32.0 Å². The highest BCUT2D eigenvalue weighted by molar-refractivity contribution is 5.82. The van der Waals surface area contributed by atoms with E-state index in [1.807, 2.05) is 24.3 Å². The molecular formula is C13H17NO2. The number of hydrogen-bond donors (Lipinski definition) is 1. The summed E-state index contributed by atoms with van der Waals surface area (Å²) >= 11 is 0. The Balaban J connectivity index is 1.93. The SMILES string of the molecule is CC(C)CNC(=O)C1Cc2ccccc2O1. The number of ether oxygens (including phenoxy) is 1. The Kier molecular flexibility index (Phi) is 3.13. The van der Waals surface area contributed by atoms with Gasteiger partial charge in [0, 0.05) is 13.0 Å². The number of carbonyl (C=O) groups is 1. The minimum absolute atomic E-state index is 0.00935. The maximum Gasteiger partial charge on any atom is 0.261 e. The van der Waals surface area contributed by atoms with Crippen molar-refractivity contribution in [1.82, 2.24) is 5.32 Å². The van der Waals surface area contributed by atoms with E-state index in [1.54, 1.807) is 0 Å². The van der Waals surface area contributed by atoms with Crippen LogP contribution in [0, 0.1) is 5.92 Å². The third-order valence-corrected chi connectivity index (χ3v) is 2.62. The highest BCUT2D eigenvalue weighted by atomic mass is 16.5. The monoisotopic (exact) mass is 219 g/mol. The van der Waals surface area contributed by atoms with Crippen LogP contribution in [0.1, 0.15) is 19.4 Å². The van der Waals surface area contributed by atoms with Crippen molar-refractivity contribution in [3.8, 4) is 5.75 Å². The molecule has 1 aromatic rings. The van der Waals surface area contributed by atoms with Crippen LogP contribution in [-0.4, -0.2) is 18.6 Å². The lowest BCUT2D eigenvalue weighted by atomic mass is 10.1. The number of carbonyl (C=O) groups excluding carboxylic acids is 1. The van der Waals surface area contributed by atoms with Crippen molar-refractivity contribution in [2.45, 2.75) is 26.4 Å². The number of hydrogen-bond acceptors (Lipinski definition) is 2. The molecular weight excluding hydrogens is 202 g/mol. The Hall–Kier alpha value is -1.51. The molecule has 0 aromatic heterocycles. The molecule has 1 aliphatic rings. The van der Waals surface area contributed by atoms with E-state index >= 15 is 0 Å². The largest absolute Gasteiger partial charge is 0.480 e. The number of amides is 1. The van der Waals surface area contributed by atoms with Crippen molar-refractivity contribution >= 4 is 5.91 Å². The predicted molar refractivity (Wildman–Crippen MR) is 62.4 cm³/mol. The first kappa shape index (κ1) is 11.0. The minimum Gasteiger partial charge on any atom is -0.480 e. The molecule has 0 saturated carbocycles. The molecule has 1 N–H and O–H groups in total. The first-order chi connectivity index (χ1) is 7.66. The van der Waals surface area contributed by atoms with Crippen molar-refractivity contribution in [3.05, 3.63) is 29.8 Å². The van der Waals surface area contributed by atoms with Gasteiger partial charge in [0.1, 0.15) is 5.75 Å². The first-order valence-electron chi connectivity index (χ1n) is 5.69. The molecule has 1 aliphatic heterocycles. The summed E-state index contributed by atoms with van der Waals surface area (Å²) in [7, 11) is 0. The standard InChI is InChI=1S/C13H17NO2/c1-9(2)8-14-13(15)12-7-10-5-3-4-6-11(10)16-12/h3-6,9,12H,7-8H2,1-2H3,(H,14,15). The van der Waals surface area contributed by atoms with E-state index in [-0.39, 0.29) is 12.0 Å². The summed E-state index contributed by atoms with van der Waals surface area (Å²) in [5.74, 6) is 1.30. The molecule has 3 heteroatoms. The van der Waals surface area contributed by atoms with E-state index in [4.69, 9.17) is 4.74 Å². The lowest BCUT2D eigenvalue weighted by molar-refractivity contribution is -0.127. The molecule has 86 valence electrons. The topological polar surface area (TPSA) is 38.3 Å². The van der Waals surface area contributed by atoms with Crippen molar-refractivity contribution in [2.75, 3.05) is 6.54 Å². The normalized spacial score (nSPS) is 18.1. The molecule has 1 amide bonds. The van der Waals surface area contributed by atoms with Crippen LogP contribution in [0.2, 0.25) is 0 Å². The fourth-order valence-electron chi connectivity index (χ4n) is 1.75. The average molecular weight is 219 g/mol. The van der Waals surface area contributed by atoms with Gasteiger partial charge < -0.3 is 10.1 Å². The molecule has 1 heterocycles. The van der Waals surface area contributed by atoms with Crippen LogP contribution in [0.25, 0.3) is 0 Å². The van der Waals surface area contributed by atoms with Gasteiger partial charge >= 0.3 is 0 Å². The van der Waals surface area contributed by atoms with Gasteiger partial charge in [0.15, 0.2) is 6.10 Å². The van der Waals surface area contributed by atoms with E-state index in [2.05, 4.69) is 19.2 Å². The minimum atomic E-state index is -0.351. The van der Waals surface area contributed by atoms with Gasteiger partial charge in [0.25, 0.3) is 5.91 Å². The third-order valence-electron chi connectivity index (χ3n) is 2.62. The molecule has 0 aliphatic carbocycles. The highest BCUT2D eigenvalue weighted by Crippen LogP contribution is 2.27. The van der Waals surface area contributed by atoms with Crippen LogP contribution in [0.5, 0.6) is 5.75 Å². The van der Waals surface area contributed by atoms with Gasteiger partial charge in [-0.15, -0.1) is 0 Å². The fraction of sp³-hybridized carbons (Fsp3) is 0.462. The molecule has 0 saturated heterocycles. The lowest BCUT2D eigenvalue weighted by Gasteiger charge is -2.12. The van der Waals surface area contributed by atoms with Crippen molar-refractivity contribution in [2.24, 2.45) is 5.92 Å². The first-order valence-corrected chi connectivity index (χ1v) is 5.69. The Morgan fingerprint density at radius 3 is 2.94 bits per heavy atom. The van der Waals surface area contributed by atoms with E-state index in [0.29, 0.717) is 18.9 Å². The van der Waals surface area contributed by atoms with Crippen LogP contribution in [0.15, 0.2) is 24.3 Å². The van der Waals surface area contributed by atoms with E-state index < -0.39 is 0 Å². The van der Waals surface area contributed by atoms with Crippen LogP contribution in [-0.2, 0) is 11.2 Å². The average Bonchev–Trinajstić information content (AvgIpc) is 2.69. The number of para-hydroxylation sites is 1. The third kappa shape index (κ3) is 2.35.